The van der Waals surface area contributed by atoms with Gasteiger partial charge in [0.05, 0.1) is 5.56 Å². The fraction of sp³-hybridized carbons (Fsp3) is 0.351. The van der Waals surface area contributed by atoms with Gasteiger partial charge in [0.1, 0.15) is 43.5 Å². The number of nitriles is 1. The molecule has 0 spiro atoms. The van der Waals surface area contributed by atoms with Crippen molar-refractivity contribution < 1.29 is 24.1 Å². The molecule has 0 amide bonds. The fourth-order valence-corrected chi connectivity index (χ4v) is 6.33. The molecule has 1 aliphatic heterocycles. The Hall–Kier alpha value is -4.38. The van der Waals surface area contributed by atoms with Crippen LogP contribution in [0.25, 0.3) is 11.1 Å². The van der Waals surface area contributed by atoms with Crippen LogP contribution in [0.4, 0.5) is 0 Å². The van der Waals surface area contributed by atoms with Crippen LogP contribution in [0, 0.1) is 18.3 Å². The molecule has 7 heteroatoms. The normalized spacial score (nSPS) is 13.9. The molecular formula is C37H42N3O4+. The Labute approximate surface area is 260 Å². The Bertz CT molecular complexity index is 1610. The number of aliphatic hydroxyl groups is 1. The summed E-state index contributed by atoms with van der Waals surface area (Å²) in [5.41, 5.74) is 10.3. The van der Waals surface area contributed by atoms with Crippen LogP contribution in [0.3, 0.4) is 0 Å². The average molecular weight is 593 g/mol. The zero-order chi connectivity index (χ0) is 30.9. The lowest BCUT2D eigenvalue weighted by atomic mass is 9.97. The molecule has 44 heavy (non-hydrogen) atoms. The van der Waals surface area contributed by atoms with E-state index in [-0.39, 0.29) is 0 Å². The van der Waals surface area contributed by atoms with E-state index in [1.165, 1.54) is 51.8 Å². The van der Waals surface area contributed by atoms with Gasteiger partial charge in [-0.25, -0.2) is 0 Å². The van der Waals surface area contributed by atoms with Crippen molar-refractivity contribution in [2.45, 2.75) is 58.8 Å². The minimum atomic E-state index is 0.336. The minimum Gasteiger partial charge on any atom is -0.488 e. The van der Waals surface area contributed by atoms with Crippen molar-refractivity contribution in [3.8, 4) is 28.7 Å². The first kappa shape index (κ1) is 31.1. The minimum absolute atomic E-state index is 0.336. The Kier molecular flexibility index (Phi) is 10.5. The van der Waals surface area contributed by atoms with Gasteiger partial charge in [0.2, 0.25) is 12.4 Å². The first-order valence-corrected chi connectivity index (χ1v) is 15.4. The van der Waals surface area contributed by atoms with E-state index in [2.05, 4.69) is 72.5 Å². The Balaban J connectivity index is 0.00000188. The van der Waals surface area contributed by atoms with E-state index in [9.17, 15) is 5.26 Å². The molecule has 2 heterocycles. The molecular weight excluding hydrogens is 550 g/mol. The van der Waals surface area contributed by atoms with Crippen molar-refractivity contribution in [3.05, 3.63) is 112 Å². The molecule has 3 aromatic carbocycles. The highest BCUT2D eigenvalue weighted by Gasteiger charge is 2.26. The number of fused-ring (bicyclic) bond motifs is 1. The maximum Gasteiger partial charge on any atom is 0.240 e. The van der Waals surface area contributed by atoms with E-state index in [0.29, 0.717) is 18.8 Å². The zero-order valence-electron chi connectivity index (χ0n) is 26.0. The maximum absolute atomic E-state index is 9.49. The van der Waals surface area contributed by atoms with Crippen LogP contribution in [0.5, 0.6) is 11.5 Å². The zero-order valence-corrected chi connectivity index (χ0v) is 26.0. The molecule has 0 atom stereocenters. The monoisotopic (exact) mass is 592 g/mol. The van der Waals surface area contributed by atoms with Gasteiger partial charge >= 0.3 is 0 Å². The van der Waals surface area contributed by atoms with E-state index in [1.54, 1.807) is 18.0 Å². The van der Waals surface area contributed by atoms with Crippen LogP contribution < -0.4 is 19.0 Å². The summed E-state index contributed by atoms with van der Waals surface area (Å²) in [7, 11) is 2.58. The van der Waals surface area contributed by atoms with Crippen molar-refractivity contribution in [2.24, 2.45) is 0 Å². The summed E-state index contributed by atoms with van der Waals surface area (Å²) in [5, 5.41) is 16.5. The standard InChI is InChI=1S/C36H38N3O3.CH4O/c1-26-30(12-8-13-31(26)29-10-4-3-5-11-29)25-42-35-19-36(41-24-28-18-27(20-37)21-39(22-28)40-2)34(23-38-16-6-7-17-38)32-14-9-15-33(32)35;1-2/h3-5,8,10-13,18-19,21-22H,6-7,9,14-17,23-25H2,1-2H3;2H,1H3/q+1;. The Morgan fingerprint density at radius 1 is 0.864 bits per heavy atom. The van der Waals surface area contributed by atoms with Crippen molar-refractivity contribution in [1.82, 2.24) is 4.90 Å². The lowest BCUT2D eigenvalue weighted by Crippen LogP contribution is -2.40. The van der Waals surface area contributed by atoms with Crippen LogP contribution >= 0.6 is 0 Å². The van der Waals surface area contributed by atoms with E-state index < -0.39 is 0 Å². The molecule has 0 radical (unpaired) electrons. The van der Waals surface area contributed by atoms with E-state index in [0.717, 1.165) is 63.1 Å². The van der Waals surface area contributed by atoms with Gasteiger partial charge in [-0.1, -0.05) is 48.5 Å². The summed E-state index contributed by atoms with van der Waals surface area (Å²) in [6.07, 6.45) is 9.22. The third-order valence-electron chi connectivity index (χ3n) is 8.57. The van der Waals surface area contributed by atoms with Crippen LogP contribution in [-0.2, 0) is 32.6 Å². The predicted molar refractivity (Wildman–Crippen MR) is 170 cm³/mol. The molecule has 1 aliphatic carbocycles. The quantitative estimate of drug-likeness (QED) is 0.237. The third kappa shape index (κ3) is 7.05. The highest BCUT2D eigenvalue weighted by atomic mass is 16.6. The number of likely N-dealkylation sites (tertiary alicyclic amines) is 1. The topological polar surface area (TPSA) is 78.8 Å². The first-order chi connectivity index (χ1) is 21.6. The van der Waals surface area contributed by atoms with Gasteiger partial charge in [0.15, 0.2) is 0 Å². The van der Waals surface area contributed by atoms with Crippen molar-refractivity contribution in [2.75, 3.05) is 27.3 Å². The summed E-state index contributed by atoms with van der Waals surface area (Å²) in [6, 6.07) is 23.2. The van der Waals surface area contributed by atoms with Crippen molar-refractivity contribution >= 4 is 0 Å². The summed E-state index contributed by atoms with van der Waals surface area (Å²) in [5.74, 6) is 1.79. The molecule has 0 bridgehead atoms. The third-order valence-corrected chi connectivity index (χ3v) is 8.57. The number of aliphatic hydroxyl groups excluding tert-OH is 1. The summed E-state index contributed by atoms with van der Waals surface area (Å²) in [4.78, 5) is 7.88. The molecule has 1 N–H and O–H groups in total. The van der Waals surface area contributed by atoms with Crippen LogP contribution in [-0.4, -0.2) is 37.3 Å². The Morgan fingerprint density at radius 3 is 2.36 bits per heavy atom. The molecule has 7 nitrogen and oxygen atoms in total. The van der Waals surface area contributed by atoms with Crippen molar-refractivity contribution in [1.29, 1.82) is 5.26 Å². The smallest absolute Gasteiger partial charge is 0.240 e. The average Bonchev–Trinajstić information content (AvgIpc) is 3.78. The fourth-order valence-electron chi connectivity index (χ4n) is 6.33. The van der Waals surface area contributed by atoms with Gasteiger partial charge in [-0.3, -0.25) is 9.74 Å². The lowest BCUT2D eigenvalue weighted by Gasteiger charge is -2.23. The highest BCUT2D eigenvalue weighted by Crippen LogP contribution is 2.41. The summed E-state index contributed by atoms with van der Waals surface area (Å²) >= 11 is 0. The molecule has 1 saturated heterocycles. The first-order valence-electron chi connectivity index (χ1n) is 15.4. The predicted octanol–water partition coefficient (Wildman–Crippen LogP) is 5.73. The van der Waals surface area contributed by atoms with Crippen LogP contribution in [0.15, 0.2) is 73.1 Å². The van der Waals surface area contributed by atoms with Gasteiger partial charge in [0, 0.05) is 30.0 Å². The lowest BCUT2D eigenvalue weighted by molar-refractivity contribution is -0.885. The number of rotatable bonds is 10. The second kappa shape index (κ2) is 14.9. The number of nitrogens with zero attached hydrogens (tertiary/aromatic N) is 3. The molecule has 1 aromatic heterocycles. The molecule has 2 aliphatic rings. The number of hydrogen-bond acceptors (Lipinski definition) is 6. The van der Waals surface area contributed by atoms with E-state index in [1.807, 2.05) is 12.3 Å². The second-order valence-electron chi connectivity index (χ2n) is 11.3. The number of benzene rings is 3. The summed E-state index contributed by atoms with van der Waals surface area (Å²) in [6.45, 7) is 6.17. The van der Waals surface area contributed by atoms with E-state index in [4.69, 9.17) is 19.4 Å². The molecule has 0 unspecified atom stereocenters. The molecule has 228 valence electrons. The number of pyridine rings is 1. The molecule has 0 saturated carbocycles. The van der Waals surface area contributed by atoms with Crippen LogP contribution in [0.2, 0.25) is 0 Å². The second-order valence-corrected chi connectivity index (χ2v) is 11.3. The number of hydrogen-bond donors (Lipinski definition) is 1. The van der Waals surface area contributed by atoms with Gasteiger partial charge in [-0.2, -0.15) is 5.26 Å². The van der Waals surface area contributed by atoms with E-state index >= 15 is 0 Å². The largest absolute Gasteiger partial charge is 0.488 e. The number of aromatic nitrogens is 1. The molecule has 1 fully saturated rings. The van der Waals surface area contributed by atoms with Gasteiger partial charge in [-0.15, -0.1) is 0 Å². The SMILES string of the molecule is CO.CO[n+]1cc(C#N)cc(COc2cc(OCc3cccc(-c4ccccc4)c3C)c3c(c2CN2CCCC2)CCC3)c1. The summed E-state index contributed by atoms with van der Waals surface area (Å²) < 4.78 is 14.7. The van der Waals surface area contributed by atoms with Crippen LogP contribution in [0.1, 0.15) is 58.2 Å². The van der Waals surface area contributed by atoms with Gasteiger partial charge in [-0.05, 0) is 91.6 Å². The highest BCUT2D eigenvalue weighted by molar-refractivity contribution is 5.68. The van der Waals surface area contributed by atoms with Crippen molar-refractivity contribution in [3.63, 3.8) is 0 Å². The molecule has 6 rings (SSSR count). The Morgan fingerprint density at radius 2 is 1.61 bits per heavy atom. The number of ether oxygens (including phenoxy) is 2. The van der Waals surface area contributed by atoms with Gasteiger partial charge in [0.25, 0.3) is 0 Å². The van der Waals surface area contributed by atoms with Gasteiger partial charge < -0.3 is 14.6 Å². The molecule has 4 aromatic rings. The maximum atomic E-state index is 9.49.